The molecule has 0 aliphatic rings. The predicted octanol–water partition coefficient (Wildman–Crippen LogP) is 3.02. The zero-order chi connectivity index (χ0) is 18.4. The quantitative estimate of drug-likeness (QED) is 0.678. The van der Waals surface area contributed by atoms with E-state index in [2.05, 4.69) is 36.6 Å². The van der Waals surface area contributed by atoms with Gasteiger partial charge in [-0.3, -0.25) is 0 Å². The van der Waals surface area contributed by atoms with E-state index < -0.39 is 5.97 Å². The third kappa shape index (κ3) is 4.10. The third-order valence-electron chi connectivity index (χ3n) is 3.41. The number of ether oxygens (including phenoxy) is 1. The standard InChI is InChI=1S/C18H14N6O2/c1-26-17(25)13-4-8-15(9-5-13)22-18-23-16(11-20-24-18)21-14-6-2-12(10-19)3-7-14/h2-9,11H,1H3,(H2,21,22,23,24). The van der Waals surface area contributed by atoms with Crippen LogP contribution in [0.1, 0.15) is 15.9 Å². The average Bonchev–Trinajstić information content (AvgIpc) is 2.69. The SMILES string of the molecule is COC(=O)c1ccc(Nc2nncc(Nc3ccc(C#N)cc3)n2)cc1. The monoisotopic (exact) mass is 346 g/mol. The zero-order valence-corrected chi connectivity index (χ0v) is 13.8. The summed E-state index contributed by atoms with van der Waals surface area (Å²) in [4.78, 5) is 15.8. The first-order valence-corrected chi connectivity index (χ1v) is 7.60. The van der Waals surface area contributed by atoms with Crippen LogP contribution < -0.4 is 10.6 Å². The van der Waals surface area contributed by atoms with E-state index in [1.807, 2.05) is 0 Å². The molecule has 128 valence electrons. The van der Waals surface area contributed by atoms with Crippen LogP contribution in [0.2, 0.25) is 0 Å². The van der Waals surface area contributed by atoms with Gasteiger partial charge in [-0.2, -0.15) is 15.3 Å². The topological polar surface area (TPSA) is 113 Å². The van der Waals surface area contributed by atoms with E-state index in [0.29, 0.717) is 28.6 Å². The van der Waals surface area contributed by atoms with Crippen LogP contribution in [0, 0.1) is 11.3 Å². The van der Waals surface area contributed by atoms with Gasteiger partial charge in [-0.15, -0.1) is 5.10 Å². The number of carbonyl (C=O) groups is 1. The summed E-state index contributed by atoms with van der Waals surface area (Å²) in [6, 6.07) is 15.7. The Morgan fingerprint density at radius 2 is 1.69 bits per heavy atom. The van der Waals surface area contributed by atoms with Gasteiger partial charge >= 0.3 is 5.97 Å². The fourth-order valence-electron chi connectivity index (χ4n) is 2.13. The number of hydrogen-bond acceptors (Lipinski definition) is 8. The molecule has 0 saturated heterocycles. The van der Waals surface area contributed by atoms with Crippen LogP contribution >= 0.6 is 0 Å². The number of esters is 1. The summed E-state index contributed by atoms with van der Waals surface area (Å²) in [5.74, 6) is 0.399. The molecule has 26 heavy (non-hydrogen) atoms. The van der Waals surface area contributed by atoms with Gasteiger partial charge in [0.2, 0.25) is 5.95 Å². The zero-order valence-electron chi connectivity index (χ0n) is 13.8. The van der Waals surface area contributed by atoms with Gasteiger partial charge in [0, 0.05) is 11.4 Å². The molecule has 0 spiro atoms. The van der Waals surface area contributed by atoms with Crippen molar-refractivity contribution in [1.29, 1.82) is 5.26 Å². The van der Waals surface area contributed by atoms with Gasteiger partial charge in [-0.1, -0.05) is 0 Å². The number of hydrogen-bond donors (Lipinski definition) is 2. The molecule has 2 aromatic carbocycles. The first kappa shape index (κ1) is 16.9. The van der Waals surface area contributed by atoms with Crippen molar-refractivity contribution >= 4 is 29.1 Å². The van der Waals surface area contributed by atoms with Gasteiger partial charge in [0.05, 0.1) is 30.5 Å². The number of nitrogens with one attached hydrogen (secondary N) is 2. The Kier molecular flexibility index (Phi) is 5.00. The Morgan fingerprint density at radius 3 is 2.35 bits per heavy atom. The summed E-state index contributed by atoms with van der Waals surface area (Å²) < 4.78 is 4.66. The Labute approximate surface area is 149 Å². The van der Waals surface area contributed by atoms with Crippen LogP contribution in [0.15, 0.2) is 54.7 Å². The van der Waals surface area contributed by atoms with E-state index >= 15 is 0 Å². The molecule has 0 bridgehead atoms. The van der Waals surface area contributed by atoms with Gasteiger partial charge in [-0.05, 0) is 48.5 Å². The average molecular weight is 346 g/mol. The van der Waals surface area contributed by atoms with Crippen LogP contribution in [-0.2, 0) is 4.74 Å². The van der Waals surface area contributed by atoms with Crippen molar-refractivity contribution in [3.05, 3.63) is 65.9 Å². The summed E-state index contributed by atoms with van der Waals surface area (Å²) in [5, 5.41) is 22.8. The summed E-state index contributed by atoms with van der Waals surface area (Å²) in [6.45, 7) is 0. The second-order valence-corrected chi connectivity index (χ2v) is 5.17. The molecule has 0 radical (unpaired) electrons. The number of rotatable bonds is 5. The van der Waals surface area contributed by atoms with Gasteiger partial charge in [0.1, 0.15) is 0 Å². The van der Waals surface area contributed by atoms with Gasteiger partial charge in [0.15, 0.2) is 5.82 Å². The molecule has 8 heteroatoms. The minimum absolute atomic E-state index is 0.300. The molecular formula is C18H14N6O2. The van der Waals surface area contributed by atoms with Crippen LogP contribution in [0.5, 0.6) is 0 Å². The van der Waals surface area contributed by atoms with Crippen molar-refractivity contribution in [2.45, 2.75) is 0 Å². The molecule has 0 atom stereocenters. The molecule has 1 aromatic heterocycles. The van der Waals surface area contributed by atoms with Crippen molar-refractivity contribution in [1.82, 2.24) is 15.2 Å². The van der Waals surface area contributed by atoms with Crippen molar-refractivity contribution < 1.29 is 9.53 Å². The van der Waals surface area contributed by atoms with E-state index in [4.69, 9.17) is 5.26 Å². The van der Waals surface area contributed by atoms with Gasteiger partial charge < -0.3 is 15.4 Å². The Balaban J connectivity index is 1.70. The van der Waals surface area contributed by atoms with Crippen molar-refractivity contribution in [2.75, 3.05) is 17.7 Å². The lowest BCUT2D eigenvalue weighted by Gasteiger charge is -2.08. The van der Waals surface area contributed by atoms with Crippen molar-refractivity contribution in [2.24, 2.45) is 0 Å². The normalized spacial score (nSPS) is 9.85. The Bertz CT molecular complexity index is 949. The van der Waals surface area contributed by atoms with Gasteiger partial charge in [0.25, 0.3) is 0 Å². The smallest absolute Gasteiger partial charge is 0.337 e. The summed E-state index contributed by atoms with van der Waals surface area (Å²) in [6.07, 6.45) is 1.49. The lowest BCUT2D eigenvalue weighted by atomic mass is 10.2. The summed E-state index contributed by atoms with van der Waals surface area (Å²) in [7, 11) is 1.33. The number of methoxy groups -OCH3 is 1. The molecule has 0 unspecified atom stereocenters. The van der Waals surface area contributed by atoms with E-state index in [1.54, 1.807) is 48.5 Å². The molecule has 0 saturated carbocycles. The maximum Gasteiger partial charge on any atom is 0.337 e. The van der Waals surface area contributed by atoms with Crippen molar-refractivity contribution in [3.63, 3.8) is 0 Å². The lowest BCUT2D eigenvalue weighted by molar-refractivity contribution is 0.0601. The number of anilines is 4. The number of benzene rings is 2. The fraction of sp³-hybridized carbons (Fsp3) is 0.0556. The number of nitrogens with zero attached hydrogens (tertiary/aromatic N) is 4. The number of nitriles is 1. The van der Waals surface area contributed by atoms with E-state index in [0.717, 1.165) is 5.69 Å². The second kappa shape index (κ2) is 7.72. The van der Waals surface area contributed by atoms with Gasteiger partial charge in [-0.25, -0.2) is 4.79 Å². The summed E-state index contributed by atoms with van der Waals surface area (Å²) in [5.41, 5.74) is 2.51. The molecule has 2 N–H and O–H groups in total. The molecule has 3 aromatic rings. The molecule has 0 aliphatic heterocycles. The molecule has 1 heterocycles. The highest BCUT2D eigenvalue weighted by Gasteiger charge is 2.06. The number of carbonyl (C=O) groups excluding carboxylic acids is 1. The maximum absolute atomic E-state index is 11.4. The largest absolute Gasteiger partial charge is 0.465 e. The predicted molar refractivity (Wildman–Crippen MR) is 95.3 cm³/mol. The molecule has 0 fully saturated rings. The highest BCUT2D eigenvalue weighted by Crippen LogP contribution is 2.18. The van der Waals surface area contributed by atoms with E-state index in [1.165, 1.54) is 13.3 Å². The fourth-order valence-corrected chi connectivity index (χ4v) is 2.13. The van der Waals surface area contributed by atoms with Crippen molar-refractivity contribution in [3.8, 4) is 6.07 Å². The van der Waals surface area contributed by atoms with Crippen LogP contribution in [0.25, 0.3) is 0 Å². The summed E-state index contributed by atoms with van der Waals surface area (Å²) >= 11 is 0. The first-order chi connectivity index (χ1) is 12.7. The molecular weight excluding hydrogens is 332 g/mol. The molecule has 0 aliphatic carbocycles. The highest BCUT2D eigenvalue weighted by atomic mass is 16.5. The van der Waals surface area contributed by atoms with Crippen LogP contribution in [0.4, 0.5) is 23.1 Å². The Morgan fingerprint density at radius 1 is 1.04 bits per heavy atom. The molecule has 3 rings (SSSR count). The number of aromatic nitrogens is 3. The minimum Gasteiger partial charge on any atom is -0.465 e. The molecule has 8 nitrogen and oxygen atoms in total. The van der Waals surface area contributed by atoms with Crippen LogP contribution in [-0.4, -0.2) is 28.3 Å². The highest BCUT2D eigenvalue weighted by molar-refractivity contribution is 5.89. The molecule has 0 amide bonds. The maximum atomic E-state index is 11.4. The van der Waals surface area contributed by atoms with E-state index in [-0.39, 0.29) is 0 Å². The lowest BCUT2D eigenvalue weighted by Crippen LogP contribution is -2.03. The second-order valence-electron chi connectivity index (χ2n) is 5.17. The van der Waals surface area contributed by atoms with Crippen LogP contribution in [0.3, 0.4) is 0 Å². The third-order valence-corrected chi connectivity index (χ3v) is 3.41. The first-order valence-electron chi connectivity index (χ1n) is 7.60. The van der Waals surface area contributed by atoms with E-state index in [9.17, 15) is 4.79 Å². The minimum atomic E-state index is -0.400. The Hall–Kier alpha value is -3.99.